The number of aromatic nitrogens is 3. The lowest BCUT2D eigenvalue weighted by Gasteiger charge is -2.10. The largest absolute Gasteiger partial charge is 0.497 e. The molecule has 114 valence electrons. The molecule has 3 aromatic rings. The average molecular weight is 381 g/mol. The summed E-state index contributed by atoms with van der Waals surface area (Å²) >= 11 is 9.88. The summed E-state index contributed by atoms with van der Waals surface area (Å²) in [6.45, 7) is 2.84. The fraction of sp³-hybridized carbons (Fsp3) is 0.250. The van der Waals surface area contributed by atoms with Crippen molar-refractivity contribution in [1.82, 2.24) is 14.5 Å². The summed E-state index contributed by atoms with van der Waals surface area (Å²) in [6, 6.07) is 8.04. The summed E-state index contributed by atoms with van der Waals surface area (Å²) in [5, 5.41) is 1.34. The zero-order chi connectivity index (χ0) is 15.7. The summed E-state index contributed by atoms with van der Waals surface area (Å²) in [7, 11) is 1.67. The first-order valence-corrected chi connectivity index (χ1v) is 8.12. The molecule has 0 saturated heterocycles. The van der Waals surface area contributed by atoms with Crippen LogP contribution in [0, 0.1) is 0 Å². The van der Waals surface area contributed by atoms with E-state index in [0.717, 1.165) is 39.9 Å². The van der Waals surface area contributed by atoms with Gasteiger partial charge in [0.1, 0.15) is 22.9 Å². The fourth-order valence-electron chi connectivity index (χ4n) is 2.57. The first-order valence-electron chi connectivity index (χ1n) is 6.95. The molecule has 0 bridgehead atoms. The van der Waals surface area contributed by atoms with Crippen LogP contribution in [0.3, 0.4) is 0 Å². The number of fused-ring (bicyclic) bond motifs is 1. The van der Waals surface area contributed by atoms with Crippen LogP contribution in [0.2, 0.25) is 5.15 Å². The number of hydrogen-bond acceptors (Lipinski definition) is 3. The van der Waals surface area contributed by atoms with E-state index in [1.165, 1.54) is 11.9 Å². The third kappa shape index (κ3) is 2.59. The molecule has 0 unspecified atom stereocenters. The highest BCUT2D eigenvalue weighted by Crippen LogP contribution is 2.34. The molecule has 3 rings (SSSR count). The topological polar surface area (TPSA) is 39.9 Å². The van der Waals surface area contributed by atoms with Gasteiger partial charge >= 0.3 is 0 Å². The van der Waals surface area contributed by atoms with Crippen LogP contribution in [0.1, 0.15) is 18.2 Å². The maximum atomic E-state index is 6.24. The normalized spacial score (nSPS) is 11.1. The monoisotopic (exact) mass is 379 g/mol. The minimum absolute atomic E-state index is 0.472. The third-order valence-corrected chi connectivity index (χ3v) is 4.81. The van der Waals surface area contributed by atoms with Gasteiger partial charge in [-0.25, -0.2) is 9.97 Å². The number of hydrogen-bond donors (Lipinski definition) is 0. The molecule has 0 aliphatic carbocycles. The molecule has 1 aromatic carbocycles. The second kappa shape index (κ2) is 6.26. The van der Waals surface area contributed by atoms with Crippen LogP contribution < -0.4 is 4.74 Å². The molecule has 22 heavy (non-hydrogen) atoms. The van der Waals surface area contributed by atoms with Gasteiger partial charge in [0.2, 0.25) is 0 Å². The smallest absolute Gasteiger partial charge is 0.146 e. The quantitative estimate of drug-likeness (QED) is 0.627. The Kier molecular flexibility index (Phi) is 4.36. The Bertz CT molecular complexity index is 814. The third-order valence-electron chi connectivity index (χ3n) is 3.67. The number of methoxy groups -OCH3 is 1. The van der Waals surface area contributed by atoms with Gasteiger partial charge in [-0.2, -0.15) is 0 Å². The van der Waals surface area contributed by atoms with E-state index in [1.54, 1.807) is 7.11 Å². The van der Waals surface area contributed by atoms with Crippen LogP contribution in [0.5, 0.6) is 5.75 Å². The van der Waals surface area contributed by atoms with E-state index < -0.39 is 0 Å². The van der Waals surface area contributed by atoms with Crippen LogP contribution in [-0.4, -0.2) is 21.6 Å². The number of ether oxygens (including phenoxy) is 1. The molecule has 0 spiro atoms. The van der Waals surface area contributed by atoms with Crippen molar-refractivity contribution in [2.45, 2.75) is 19.9 Å². The van der Waals surface area contributed by atoms with Crippen LogP contribution in [0.4, 0.5) is 0 Å². The summed E-state index contributed by atoms with van der Waals surface area (Å²) in [5.74, 6) is 0.850. The van der Waals surface area contributed by atoms with Crippen molar-refractivity contribution in [3.05, 3.63) is 51.5 Å². The van der Waals surface area contributed by atoms with Crippen LogP contribution >= 0.6 is 27.5 Å². The van der Waals surface area contributed by atoms with Crippen molar-refractivity contribution in [3.63, 3.8) is 0 Å². The average Bonchev–Trinajstić information content (AvgIpc) is 2.81. The SMILES string of the molecule is CCc1c(Br)c2c(Cl)ncnc2n1Cc1ccc(OC)cc1. The van der Waals surface area contributed by atoms with Crippen molar-refractivity contribution >= 4 is 38.6 Å². The van der Waals surface area contributed by atoms with Gasteiger partial charge in [0, 0.05) is 12.2 Å². The van der Waals surface area contributed by atoms with E-state index >= 15 is 0 Å². The number of nitrogens with zero attached hydrogens (tertiary/aromatic N) is 3. The predicted octanol–water partition coefficient (Wildman–Crippen LogP) is 4.47. The maximum Gasteiger partial charge on any atom is 0.146 e. The highest BCUT2D eigenvalue weighted by molar-refractivity contribution is 9.10. The molecule has 2 aromatic heterocycles. The van der Waals surface area contributed by atoms with Gasteiger partial charge < -0.3 is 9.30 Å². The van der Waals surface area contributed by atoms with Gasteiger partial charge in [-0.15, -0.1) is 0 Å². The van der Waals surface area contributed by atoms with E-state index in [-0.39, 0.29) is 0 Å². The number of halogens is 2. The fourth-order valence-corrected chi connectivity index (χ4v) is 3.77. The lowest BCUT2D eigenvalue weighted by atomic mass is 10.2. The van der Waals surface area contributed by atoms with Crippen molar-refractivity contribution in [2.24, 2.45) is 0 Å². The standard InChI is InChI=1S/C16H15BrClN3O/c1-3-12-14(17)13-15(18)19-9-20-16(13)21(12)8-10-4-6-11(22-2)7-5-10/h4-7,9H,3,8H2,1-2H3. The predicted molar refractivity (Wildman–Crippen MR) is 91.7 cm³/mol. The molecule has 0 radical (unpaired) electrons. The molecule has 0 aliphatic heterocycles. The van der Waals surface area contributed by atoms with Crippen molar-refractivity contribution in [2.75, 3.05) is 7.11 Å². The van der Waals surface area contributed by atoms with E-state index in [9.17, 15) is 0 Å². The Labute approximate surface area is 142 Å². The van der Waals surface area contributed by atoms with Gasteiger partial charge in [0.25, 0.3) is 0 Å². The highest BCUT2D eigenvalue weighted by Gasteiger charge is 2.18. The molecule has 0 amide bonds. The molecule has 0 aliphatic rings. The van der Waals surface area contributed by atoms with Crippen molar-refractivity contribution < 1.29 is 4.74 Å². The molecular formula is C16H15BrClN3O. The van der Waals surface area contributed by atoms with Gasteiger partial charge in [-0.05, 0) is 40.0 Å². The van der Waals surface area contributed by atoms with Crippen LogP contribution in [-0.2, 0) is 13.0 Å². The van der Waals surface area contributed by atoms with Gasteiger partial charge in [-0.3, -0.25) is 0 Å². The second-order valence-corrected chi connectivity index (χ2v) is 6.06. The Morgan fingerprint density at radius 3 is 2.59 bits per heavy atom. The van der Waals surface area contributed by atoms with Gasteiger partial charge in [0.15, 0.2) is 0 Å². The van der Waals surface area contributed by atoms with Crippen LogP contribution in [0.25, 0.3) is 11.0 Å². The Hall–Kier alpha value is -1.59. The van der Waals surface area contributed by atoms with E-state index in [0.29, 0.717) is 5.15 Å². The molecule has 4 nitrogen and oxygen atoms in total. The number of rotatable bonds is 4. The summed E-state index contributed by atoms with van der Waals surface area (Å²) in [4.78, 5) is 8.50. The minimum Gasteiger partial charge on any atom is -0.497 e. The summed E-state index contributed by atoms with van der Waals surface area (Å²) < 4.78 is 8.35. The minimum atomic E-state index is 0.472. The molecule has 0 atom stereocenters. The molecule has 0 N–H and O–H groups in total. The van der Waals surface area contributed by atoms with Gasteiger partial charge in [0.05, 0.1) is 17.0 Å². The molecule has 2 heterocycles. The second-order valence-electron chi connectivity index (χ2n) is 4.91. The zero-order valence-electron chi connectivity index (χ0n) is 12.3. The Morgan fingerprint density at radius 2 is 1.95 bits per heavy atom. The highest BCUT2D eigenvalue weighted by atomic mass is 79.9. The summed E-state index contributed by atoms with van der Waals surface area (Å²) in [6.07, 6.45) is 2.38. The lowest BCUT2D eigenvalue weighted by Crippen LogP contribution is -2.05. The number of benzene rings is 1. The van der Waals surface area contributed by atoms with E-state index in [2.05, 4.69) is 49.5 Å². The summed E-state index contributed by atoms with van der Waals surface area (Å²) in [5.41, 5.74) is 3.18. The molecule has 0 fully saturated rings. The Balaban J connectivity index is 2.11. The maximum absolute atomic E-state index is 6.24. The first kappa shape index (κ1) is 15.3. The van der Waals surface area contributed by atoms with Crippen molar-refractivity contribution in [1.29, 1.82) is 0 Å². The van der Waals surface area contributed by atoms with E-state index in [4.69, 9.17) is 16.3 Å². The molecule has 0 saturated carbocycles. The Morgan fingerprint density at radius 1 is 1.23 bits per heavy atom. The first-order chi connectivity index (χ1) is 10.7. The lowest BCUT2D eigenvalue weighted by molar-refractivity contribution is 0.414. The molecular weight excluding hydrogens is 366 g/mol. The van der Waals surface area contributed by atoms with E-state index in [1.807, 2.05) is 12.1 Å². The van der Waals surface area contributed by atoms with Crippen molar-refractivity contribution in [3.8, 4) is 5.75 Å². The molecule has 6 heteroatoms. The van der Waals surface area contributed by atoms with Crippen LogP contribution in [0.15, 0.2) is 35.1 Å². The van der Waals surface area contributed by atoms with Gasteiger partial charge in [-0.1, -0.05) is 30.7 Å². The zero-order valence-corrected chi connectivity index (χ0v) is 14.6.